The van der Waals surface area contributed by atoms with Crippen LogP contribution in [0.25, 0.3) is 0 Å². The number of aryl methyl sites for hydroxylation is 1. The van der Waals surface area contributed by atoms with Gasteiger partial charge in [0, 0.05) is 11.1 Å². The minimum absolute atomic E-state index is 0.293. The summed E-state index contributed by atoms with van der Waals surface area (Å²) in [7, 11) is 3.99. The second kappa shape index (κ2) is 6.41. The highest BCUT2D eigenvalue weighted by Crippen LogP contribution is 2.40. The van der Waals surface area contributed by atoms with E-state index in [2.05, 4.69) is 4.90 Å². The molecule has 0 radical (unpaired) electrons. The molecule has 1 saturated carbocycles. The Labute approximate surface area is 126 Å². The van der Waals surface area contributed by atoms with E-state index in [1.165, 1.54) is 12.8 Å². The zero-order valence-corrected chi connectivity index (χ0v) is 13.3. The maximum absolute atomic E-state index is 14.3. The van der Waals surface area contributed by atoms with Crippen LogP contribution in [0.2, 0.25) is 0 Å². The molecule has 1 unspecified atom stereocenters. The number of halogens is 2. The Kier molecular flexibility index (Phi) is 4.99. The molecule has 21 heavy (non-hydrogen) atoms. The van der Waals surface area contributed by atoms with Crippen LogP contribution in [0.3, 0.4) is 0 Å². The average Bonchev–Trinajstić information content (AvgIpc) is 2.71. The minimum atomic E-state index is -0.784. The molecule has 1 aromatic carbocycles. The summed E-state index contributed by atoms with van der Waals surface area (Å²) in [4.78, 5) is 2.11. The molecule has 0 aromatic heterocycles. The van der Waals surface area contributed by atoms with Gasteiger partial charge in [-0.3, -0.25) is 0 Å². The maximum atomic E-state index is 14.3. The van der Waals surface area contributed by atoms with Gasteiger partial charge in [0.1, 0.15) is 0 Å². The molecule has 118 valence electrons. The van der Waals surface area contributed by atoms with Crippen LogP contribution < -0.4 is 5.73 Å². The Morgan fingerprint density at radius 3 is 2.14 bits per heavy atom. The lowest BCUT2D eigenvalue weighted by molar-refractivity contribution is 0.0951. The SMILES string of the molecule is Cc1ccc(C(N)C2(N(C)C)CCCCCC2)c(F)c1F. The van der Waals surface area contributed by atoms with E-state index in [0.29, 0.717) is 11.1 Å². The van der Waals surface area contributed by atoms with Crippen molar-refractivity contribution in [2.24, 2.45) is 5.73 Å². The molecule has 0 saturated heterocycles. The van der Waals surface area contributed by atoms with Gasteiger partial charge in [-0.05, 0) is 39.4 Å². The number of likely N-dealkylation sites (N-methyl/N-ethyl adjacent to an activating group) is 1. The van der Waals surface area contributed by atoms with Crippen LogP contribution in [0.1, 0.15) is 55.7 Å². The lowest BCUT2D eigenvalue weighted by atomic mass is 9.78. The van der Waals surface area contributed by atoms with Gasteiger partial charge in [0.2, 0.25) is 0 Å². The minimum Gasteiger partial charge on any atom is -0.322 e. The summed E-state index contributed by atoms with van der Waals surface area (Å²) in [6, 6.07) is 2.75. The number of benzene rings is 1. The molecule has 2 nitrogen and oxygen atoms in total. The molecule has 1 aromatic rings. The normalized spacial score (nSPS) is 20.3. The van der Waals surface area contributed by atoms with Gasteiger partial charge < -0.3 is 10.6 Å². The highest BCUT2D eigenvalue weighted by atomic mass is 19.2. The molecular weight excluding hydrogens is 270 g/mol. The van der Waals surface area contributed by atoms with Gasteiger partial charge in [-0.2, -0.15) is 0 Å². The Hall–Kier alpha value is -1.00. The van der Waals surface area contributed by atoms with Gasteiger partial charge >= 0.3 is 0 Å². The van der Waals surface area contributed by atoms with Gasteiger partial charge in [-0.15, -0.1) is 0 Å². The smallest absolute Gasteiger partial charge is 0.163 e. The van der Waals surface area contributed by atoms with Gasteiger partial charge in [0.25, 0.3) is 0 Å². The topological polar surface area (TPSA) is 29.3 Å². The van der Waals surface area contributed by atoms with Gasteiger partial charge in [0.15, 0.2) is 11.6 Å². The fourth-order valence-corrected chi connectivity index (χ4v) is 3.57. The van der Waals surface area contributed by atoms with Crippen molar-refractivity contribution in [1.82, 2.24) is 4.90 Å². The van der Waals surface area contributed by atoms with Crippen molar-refractivity contribution in [3.8, 4) is 0 Å². The fraction of sp³-hybridized carbons (Fsp3) is 0.647. The Morgan fingerprint density at radius 1 is 1.05 bits per heavy atom. The monoisotopic (exact) mass is 296 g/mol. The highest BCUT2D eigenvalue weighted by Gasteiger charge is 2.41. The Balaban J connectivity index is 2.43. The first-order chi connectivity index (χ1) is 9.90. The number of nitrogens with two attached hydrogens (primary N) is 1. The highest BCUT2D eigenvalue weighted by molar-refractivity contribution is 5.30. The first-order valence-electron chi connectivity index (χ1n) is 7.77. The molecule has 1 fully saturated rings. The summed E-state index contributed by atoms with van der Waals surface area (Å²) in [6.45, 7) is 1.57. The molecule has 2 N–H and O–H groups in total. The molecule has 1 aliphatic carbocycles. The van der Waals surface area contributed by atoms with Crippen LogP contribution in [-0.4, -0.2) is 24.5 Å². The van der Waals surface area contributed by atoms with Crippen molar-refractivity contribution in [1.29, 1.82) is 0 Å². The lowest BCUT2D eigenvalue weighted by Gasteiger charge is -2.44. The number of rotatable bonds is 3. The van der Waals surface area contributed by atoms with Gasteiger partial charge in [-0.1, -0.05) is 37.8 Å². The molecule has 0 heterocycles. The first-order valence-corrected chi connectivity index (χ1v) is 7.77. The van der Waals surface area contributed by atoms with E-state index >= 15 is 0 Å². The summed E-state index contributed by atoms with van der Waals surface area (Å²) in [6.07, 6.45) is 6.40. The van der Waals surface area contributed by atoms with E-state index in [4.69, 9.17) is 5.73 Å². The summed E-state index contributed by atoms with van der Waals surface area (Å²) >= 11 is 0. The molecule has 1 aliphatic rings. The van der Waals surface area contributed by atoms with Gasteiger partial charge in [0.05, 0.1) is 6.04 Å². The largest absolute Gasteiger partial charge is 0.322 e. The second-order valence-electron chi connectivity index (χ2n) is 6.49. The maximum Gasteiger partial charge on any atom is 0.163 e. The van der Waals surface area contributed by atoms with Crippen molar-refractivity contribution < 1.29 is 8.78 Å². The fourth-order valence-electron chi connectivity index (χ4n) is 3.57. The molecule has 0 amide bonds. The third-order valence-corrected chi connectivity index (χ3v) is 5.08. The molecule has 0 bridgehead atoms. The van der Waals surface area contributed by atoms with E-state index in [-0.39, 0.29) is 5.54 Å². The van der Waals surface area contributed by atoms with Crippen LogP contribution >= 0.6 is 0 Å². The van der Waals surface area contributed by atoms with Crippen LogP contribution in [0.4, 0.5) is 8.78 Å². The number of hydrogen-bond donors (Lipinski definition) is 1. The van der Waals surface area contributed by atoms with Gasteiger partial charge in [-0.25, -0.2) is 8.78 Å². The number of hydrogen-bond acceptors (Lipinski definition) is 2. The Morgan fingerprint density at radius 2 is 1.62 bits per heavy atom. The zero-order valence-electron chi connectivity index (χ0n) is 13.3. The zero-order chi connectivity index (χ0) is 15.6. The summed E-state index contributed by atoms with van der Waals surface area (Å²) in [5.41, 5.74) is 6.78. The van der Waals surface area contributed by atoms with E-state index in [0.717, 1.165) is 25.7 Å². The predicted octanol–water partition coefficient (Wildman–Crippen LogP) is 3.93. The summed E-state index contributed by atoms with van der Waals surface area (Å²) in [5, 5.41) is 0. The van der Waals surface area contributed by atoms with Crippen LogP contribution in [0.15, 0.2) is 12.1 Å². The molecular formula is C17H26F2N2. The van der Waals surface area contributed by atoms with Crippen molar-refractivity contribution >= 4 is 0 Å². The predicted molar refractivity (Wildman–Crippen MR) is 82.1 cm³/mol. The third-order valence-electron chi connectivity index (χ3n) is 5.08. The second-order valence-corrected chi connectivity index (χ2v) is 6.49. The average molecular weight is 296 g/mol. The summed E-state index contributed by atoms with van der Waals surface area (Å²) in [5.74, 6) is -1.56. The first kappa shape index (κ1) is 16.4. The van der Waals surface area contributed by atoms with Crippen LogP contribution in [0.5, 0.6) is 0 Å². The van der Waals surface area contributed by atoms with Crippen LogP contribution in [0, 0.1) is 18.6 Å². The Bertz CT molecular complexity index is 492. The van der Waals surface area contributed by atoms with Crippen molar-refractivity contribution in [3.05, 3.63) is 34.9 Å². The molecule has 0 spiro atoms. The molecule has 1 atom stereocenters. The molecule has 4 heteroatoms. The van der Waals surface area contributed by atoms with E-state index in [9.17, 15) is 8.78 Å². The van der Waals surface area contributed by atoms with E-state index in [1.54, 1.807) is 19.1 Å². The molecule has 2 rings (SSSR count). The standard InChI is InChI=1S/C17H26F2N2/c1-12-8-9-13(15(19)14(12)18)16(20)17(21(2)3)10-6-4-5-7-11-17/h8-9,16H,4-7,10-11,20H2,1-3H3. The van der Waals surface area contributed by atoms with Crippen LogP contribution in [-0.2, 0) is 0 Å². The lowest BCUT2D eigenvalue weighted by Crippen LogP contribution is -2.52. The number of nitrogens with zero attached hydrogens (tertiary/aromatic N) is 1. The quantitative estimate of drug-likeness (QED) is 0.856. The van der Waals surface area contributed by atoms with E-state index in [1.807, 2.05) is 14.1 Å². The van der Waals surface area contributed by atoms with Crippen molar-refractivity contribution in [2.75, 3.05) is 14.1 Å². The molecule has 0 aliphatic heterocycles. The third kappa shape index (κ3) is 2.97. The van der Waals surface area contributed by atoms with Crippen molar-refractivity contribution in [3.63, 3.8) is 0 Å². The summed E-state index contributed by atoms with van der Waals surface area (Å²) < 4.78 is 28.2. The van der Waals surface area contributed by atoms with Crippen molar-refractivity contribution in [2.45, 2.75) is 57.0 Å². The van der Waals surface area contributed by atoms with E-state index < -0.39 is 17.7 Å².